The van der Waals surface area contributed by atoms with Crippen molar-refractivity contribution in [1.82, 2.24) is 4.98 Å². The van der Waals surface area contributed by atoms with Crippen LogP contribution in [0.15, 0.2) is 42.5 Å². The molecule has 1 N–H and O–H groups in total. The molecule has 21 heavy (non-hydrogen) atoms. The molecule has 0 aliphatic carbocycles. The molecule has 0 saturated carbocycles. The summed E-state index contributed by atoms with van der Waals surface area (Å²) in [6.45, 7) is 6.44. The maximum Gasteiger partial charge on any atom is 0.256 e. The Morgan fingerprint density at radius 3 is 2.52 bits per heavy atom. The van der Waals surface area contributed by atoms with Crippen molar-refractivity contribution in [2.24, 2.45) is 0 Å². The average Bonchev–Trinajstić information content (AvgIpc) is 2.45. The normalized spacial score (nSPS) is 10.7. The maximum absolute atomic E-state index is 12.1. The summed E-state index contributed by atoms with van der Waals surface area (Å²) in [6, 6.07) is 12.9. The van der Waals surface area contributed by atoms with Crippen molar-refractivity contribution >= 4 is 11.7 Å². The van der Waals surface area contributed by atoms with Crippen LogP contribution in [0.4, 0.5) is 5.82 Å². The predicted octanol–water partition coefficient (Wildman–Crippen LogP) is 3.57. The summed E-state index contributed by atoms with van der Waals surface area (Å²) in [4.78, 5) is 16.4. The number of hydrogen-bond donors (Lipinski definition) is 1. The first kappa shape index (κ1) is 15.2. The third kappa shape index (κ3) is 4.68. The van der Waals surface area contributed by atoms with E-state index in [2.05, 4.69) is 10.3 Å². The molecule has 0 aliphatic heterocycles. The molecule has 4 heteroatoms. The molecular weight excluding hydrogens is 264 g/mol. The number of hydrogen-bond acceptors (Lipinski definition) is 3. The molecule has 1 aromatic heterocycles. The van der Waals surface area contributed by atoms with Gasteiger partial charge in [0, 0.05) is 11.3 Å². The van der Waals surface area contributed by atoms with Crippen LogP contribution >= 0.6 is 0 Å². The predicted molar refractivity (Wildman–Crippen MR) is 83.3 cm³/mol. The number of carbonyl (C=O) groups is 1. The molecule has 4 nitrogen and oxygen atoms in total. The molecule has 0 radical (unpaired) electrons. The number of ether oxygens (including phenoxy) is 1. The van der Waals surface area contributed by atoms with Gasteiger partial charge in [0.15, 0.2) is 0 Å². The van der Waals surface area contributed by atoms with Crippen molar-refractivity contribution in [1.29, 1.82) is 0 Å². The molecule has 2 rings (SSSR count). The van der Waals surface area contributed by atoms with Crippen molar-refractivity contribution < 1.29 is 9.53 Å². The number of nitrogens with zero attached hydrogens (tertiary/aromatic N) is 1. The maximum atomic E-state index is 12.1. The second kappa shape index (κ2) is 6.99. The zero-order valence-electron chi connectivity index (χ0n) is 12.6. The smallest absolute Gasteiger partial charge is 0.256 e. The lowest BCUT2D eigenvalue weighted by Crippen LogP contribution is -2.13. The first-order valence-corrected chi connectivity index (χ1v) is 7.00. The van der Waals surface area contributed by atoms with E-state index in [0.29, 0.717) is 18.0 Å². The van der Waals surface area contributed by atoms with Crippen molar-refractivity contribution in [3.05, 3.63) is 59.3 Å². The average molecular weight is 284 g/mol. The Labute approximate surface area is 125 Å². The van der Waals surface area contributed by atoms with E-state index in [1.54, 1.807) is 18.2 Å². The molecule has 0 aliphatic rings. The highest BCUT2D eigenvalue weighted by atomic mass is 16.5. The van der Waals surface area contributed by atoms with Crippen LogP contribution in [-0.4, -0.2) is 17.0 Å². The molecule has 110 valence electrons. The van der Waals surface area contributed by atoms with Crippen LogP contribution in [0.25, 0.3) is 0 Å². The second-order valence-electron chi connectivity index (χ2n) is 5.18. The van der Waals surface area contributed by atoms with Crippen LogP contribution in [0.5, 0.6) is 0 Å². The summed E-state index contributed by atoms with van der Waals surface area (Å²) >= 11 is 0. The lowest BCUT2D eigenvalue weighted by molar-refractivity contribution is 0.0657. The monoisotopic (exact) mass is 284 g/mol. The van der Waals surface area contributed by atoms with Gasteiger partial charge in [-0.1, -0.05) is 18.2 Å². The van der Waals surface area contributed by atoms with Crippen LogP contribution in [0.1, 0.15) is 35.5 Å². The molecule has 0 fully saturated rings. The van der Waals surface area contributed by atoms with Gasteiger partial charge in [-0.05, 0) is 50.6 Å². The highest BCUT2D eigenvalue weighted by molar-refractivity contribution is 6.03. The Hall–Kier alpha value is -2.20. The van der Waals surface area contributed by atoms with Gasteiger partial charge in [0.1, 0.15) is 5.82 Å². The van der Waals surface area contributed by atoms with Gasteiger partial charge in [-0.15, -0.1) is 0 Å². The van der Waals surface area contributed by atoms with Gasteiger partial charge < -0.3 is 10.1 Å². The fourth-order valence-electron chi connectivity index (χ4n) is 1.82. The third-order valence-corrected chi connectivity index (χ3v) is 2.93. The van der Waals surface area contributed by atoms with E-state index < -0.39 is 0 Å². The molecule has 0 bridgehead atoms. The van der Waals surface area contributed by atoms with E-state index in [-0.39, 0.29) is 12.0 Å². The minimum atomic E-state index is -0.163. The highest BCUT2D eigenvalue weighted by Crippen LogP contribution is 2.10. The van der Waals surface area contributed by atoms with Crippen molar-refractivity contribution in [2.45, 2.75) is 33.5 Å². The van der Waals surface area contributed by atoms with E-state index in [9.17, 15) is 4.79 Å². The van der Waals surface area contributed by atoms with Gasteiger partial charge in [-0.3, -0.25) is 4.79 Å². The molecule has 0 unspecified atom stereocenters. The number of amides is 1. The molecule has 0 spiro atoms. The highest BCUT2D eigenvalue weighted by Gasteiger charge is 2.07. The van der Waals surface area contributed by atoms with E-state index in [4.69, 9.17) is 4.74 Å². The van der Waals surface area contributed by atoms with Gasteiger partial charge in [-0.2, -0.15) is 0 Å². The topological polar surface area (TPSA) is 51.2 Å². The third-order valence-electron chi connectivity index (χ3n) is 2.93. The summed E-state index contributed by atoms with van der Waals surface area (Å²) in [5.74, 6) is 0.400. The Morgan fingerprint density at radius 2 is 1.90 bits per heavy atom. The van der Waals surface area contributed by atoms with Crippen molar-refractivity contribution in [2.75, 3.05) is 5.32 Å². The van der Waals surface area contributed by atoms with Crippen molar-refractivity contribution in [3.8, 4) is 0 Å². The Kier molecular flexibility index (Phi) is 5.06. The van der Waals surface area contributed by atoms with Crippen LogP contribution in [0.2, 0.25) is 0 Å². The van der Waals surface area contributed by atoms with Crippen LogP contribution < -0.4 is 5.32 Å². The molecule has 2 aromatic rings. The lowest BCUT2D eigenvalue weighted by Gasteiger charge is -2.08. The SMILES string of the molecule is Cc1cccc(NC(=O)c2ccc(COC(C)C)cc2)n1. The summed E-state index contributed by atoms with van der Waals surface area (Å²) in [6.07, 6.45) is 0.195. The second-order valence-corrected chi connectivity index (χ2v) is 5.18. The van der Waals surface area contributed by atoms with Crippen LogP contribution in [-0.2, 0) is 11.3 Å². The van der Waals surface area contributed by atoms with Crippen LogP contribution in [0, 0.1) is 6.92 Å². The molecule has 0 saturated heterocycles. The van der Waals surface area contributed by atoms with Gasteiger partial charge in [0.2, 0.25) is 0 Å². The molecular formula is C17H20N2O2. The quantitative estimate of drug-likeness (QED) is 0.913. The summed E-state index contributed by atoms with van der Waals surface area (Å²) in [7, 11) is 0. The molecule has 1 amide bonds. The van der Waals surface area contributed by atoms with Gasteiger partial charge in [0.05, 0.1) is 12.7 Å². The Morgan fingerprint density at radius 1 is 1.19 bits per heavy atom. The number of anilines is 1. The van der Waals surface area contributed by atoms with E-state index >= 15 is 0 Å². The fraction of sp³-hybridized carbons (Fsp3) is 0.294. The number of nitrogens with one attached hydrogen (secondary N) is 1. The molecule has 1 heterocycles. The standard InChI is InChI=1S/C17H20N2O2/c1-12(2)21-11-14-7-9-15(10-8-14)17(20)19-16-6-4-5-13(3)18-16/h4-10,12H,11H2,1-3H3,(H,18,19,20). The zero-order chi connectivity index (χ0) is 15.2. The van der Waals surface area contributed by atoms with Gasteiger partial charge in [-0.25, -0.2) is 4.98 Å². The number of rotatable bonds is 5. The summed E-state index contributed by atoms with van der Waals surface area (Å²) in [5.41, 5.74) is 2.52. The lowest BCUT2D eigenvalue weighted by atomic mass is 10.1. The van der Waals surface area contributed by atoms with Crippen molar-refractivity contribution in [3.63, 3.8) is 0 Å². The summed E-state index contributed by atoms with van der Waals surface area (Å²) < 4.78 is 5.53. The van der Waals surface area contributed by atoms with E-state index in [0.717, 1.165) is 11.3 Å². The Balaban J connectivity index is 1.99. The minimum absolute atomic E-state index is 0.163. The zero-order valence-corrected chi connectivity index (χ0v) is 12.6. The molecule has 0 atom stereocenters. The number of pyridine rings is 1. The number of aromatic nitrogens is 1. The summed E-state index contributed by atoms with van der Waals surface area (Å²) in [5, 5.41) is 2.79. The Bertz CT molecular complexity index is 606. The van der Waals surface area contributed by atoms with Crippen LogP contribution in [0.3, 0.4) is 0 Å². The van der Waals surface area contributed by atoms with E-state index in [1.165, 1.54) is 0 Å². The first-order valence-electron chi connectivity index (χ1n) is 7.00. The number of aryl methyl sites for hydroxylation is 1. The minimum Gasteiger partial charge on any atom is -0.374 e. The molecule has 1 aromatic carbocycles. The number of carbonyl (C=O) groups excluding carboxylic acids is 1. The fourth-order valence-corrected chi connectivity index (χ4v) is 1.82. The van der Waals surface area contributed by atoms with Gasteiger partial charge >= 0.3 is 0 Å². The first-order chi connectivity index (χ1) is 10.0. The largest absolute Gasteiger partial charge is 0.374 e. The number of benzene rings is 1. The van der Waals surface area contributed by atoms with E-state index in [1.807, 2.05) is 45.0 Å². The van der Waals surface area contributed by atoms with Gasteiger partial charge in [0.25, 0.3) is 5.91 Å².